The molecule has 0 saturated heterocycles. The molecule has 100 valence electrons. The molecule has 2 heterocycles. The molecule has 0 atom stereocenters. The zero-order chi connectivity index (χ0) is 12.9. The Balaban J connectivity index is 1.39. The second kappa shape index (κ2) is 6.22. The van der Waals surface area contributed by atoms with Crippen molar-refractivity contribution in [1.82, 2.24) is 5.32 Å². The van der Waals surface area contributed by atoms with Gasteiger partial charge in [0.2, 0.25) is 0 Å². The number of hydrogen-bond donors (Lipinski definition) is 1. The molecule has 0 aliphatic carbocycles. The van der Waals surface area contributed by atoms with Crippen molar-refractivity contribution in [1.29, 1.82) is 0 Å². The van der Waals surface area contributed by atoms with Crippen molar-refractivity contribution in [2.45, 2.75) is 19.4 Å². The van der Waals surface area contributed by atoms with E-state index in [0.717, 1.165) is 19.6 Å². The Kier molecular flexibility index (Phi) is 4.16. The van der Waals surface area contributed by atoms with E-state index in [1.807, 2.05) is 0 Å². The van der Waals surface area contributed by atoms with Gasteiger partial charge in [-0.2, -0.15) is 11.3 Å². The minimum absolute atomic E-state index is 1.00. The first-order chi connectivity index (χ1) is 9.43. The SMILES string of the molecule is c1ccc2c(c1)CCN2CCCNCc1ccsc1. The summed E-state index contributed by atoms with van der Waals surface area (Å²) < 4.78 is 0. The first-order valence-electron chi connectivity index (χ1n) is 6.98. The fourth-order valence-corrected chi connectivity index (χ4v) is 3.33. The van der Waals surface area contributed by atoms with Crippen LogP contribution in [0.1, 0.15) is 17.5 Å². The van der Waals surface area contributed by atoms with Crippen LogP contribution in [0.4, 0.5) is 5.69 Å². The fraction of sp³-hybridized carbons (Fsp3) is 0.375. The molecule has 3 rings (SSSR count). The van der Waals surface area contributed by atoms with E-state index in [4.69, 9.17) is 0 Å². The molecule has 0 fully saturated rings. The normalized spacial score (nSPS) is 13.8. The third-order valence-electron chi connectivity index (χ3n) is 3.67. The van der Waals surface area contributed by atoms with Crippen molar-refractivity contribution in [2.24, 2.45) is 0 Å². The van der Waals surface area contributed by atoms with Crippen LogP contribution in [0.3, 0.4) is 0 Å². The number of thiophene rings is 1. The number of benzene rings is 1. The molecular formula is C16H20N2S. The van der Waals surface area contributed by atoms with Crippen LogP contribution in [-0.4, -0.2) is 19.6 Å². The zero-order valence-electron chi connectivity index (χ0n) is 11.1. The molecule has 19 heavy (non-hydrogen) atoms. The molecule has 0 spiro atoms. The molecule has 1 aromatic heterocycles. The molecule has 1 aliphatic rings. The van der Waals surface area contributed by atoms with E-state index >= 15 is 0 Å². The standard InChI is InChI=1S/C16H20N2S/c1-2-5-16-15(4-1)6-10-18(16)9-3-8-17-12-14-7-11-19-13-14/h1-2,4-5,7,11,13,17H,3,6,8-10,12H2. The summed E-state index contributed by atoms with van der Waals surface area (Å²) >= 11 is 1.77. The second-order valence-corrected chi connectivity index (χ2v) is 5.81. The van der Waals surface area contributed by atoms with Gasteiger partial charge >= 0.3 is 0 Å². The van der Waals surface area contributed by atoms with Crippen molar-refractivity contribution in [3.63, 3.8) is 0 Å². The molecule has 0 amide bonds. The molecule has 3 heteroatoms. The Morgan fingerprint density at radius 2 is 2.16 bits per heavy atom. The van der Waals surface area contributed by atoms with E-state index in [1.165, 1.54) is 36.2 Å². The first kappa shape index (κ1) is 12.7. The molecular weight excluding hydrogens is 252 g/mol. The van der Waals surface area contributed by atoms with E-state index in [0.29, 0.717) is 0 Å². The van der Waals surface area contributed by atoms with Gasteiger partial charge in [0.15, 0.2) is 0 Å². The highest BCUT2D eigenvalue weighted by atomic mass is 32.1. The van der Waals surface area contributed by atoms with Crippen LogP contribution in [0.25, 0.3) is 0 Å². The number of hydrogen-bond acceptors (Lipinski definition) is 3. The molecule has 2 aromatic rings. The Morgan fingerprint density at radius 1 is 1.21 bits per heavy atom. The van der Waals surface area contributed by atoms with Crippen LogP contribution in [0.15, 0.2) is 41.1 Å². The maximum atomic E-state index is 3.52. The highest BCUT2D eigenvalue weighted by Crippen LogP contribution is 2.27. The first-order valence-corrected chi connectivity index (χ1v) is 7.92. The maximum Gasteiger partial charge on any atom is 0.0399 e. The van der Waals surface area contributed by atoms with Gasteiger partial charge < -0.3 is 10.2 Å². The zero-order valence-corrected chi connectivity index (χ0v) is 12.0. The third kappa shape index (κ3) is 3.17. The van der Waals surface area contributed by atoms with Gasteiger partial charge in [-0.05, 0) is 53.4 Å². The van der Waals surface area contributed by atoms with E-state index in [1.54, 1.807) is 11.3 Å². The molecule has 0 unspecified atom stereocenters. The lowest BCUT2D eigenvalue weighted by molar-refractivity contribution is 0.639. The summed E-state index contributed by atoms with van der Waals surface area (Å²) in [6, 6.07) is 11.0. The lowest BCUT2D eigenvalue weighted by atomic mass is 10.2. The van der Waals surface area contributed by atoms with Crippen LogP contribution < -0.4 is 10.2 Å². The molecule has 1 N–H and O–H groups in total. The summed E-state index contributed by atoms with van der Waals surface area (Å²) in [6.07, 6.45) is 2.41. The van der Waals surface area contributed by atoms with Gasteiger partial charge in [-0.3, -0.25) is 0 Å². The molecule has 1 aromatic carbocycles. The van der Waals surface area contributed by atoms with Gasteiger partial charge in [-0.1, -0.05) is 18.2 Å². The number of anilines is 1. The topological polar surface area (TPSA) is 15.3 Å². The molecule has 1 aliphatic heterocycles. The Morgan fingerprint density at radius 3 is 3.05 bits per heavy atom. The minimum Gasteiger partial charge on any atom is -0.371 e. The Bertz CT molecular complexity index is 507. The van der Waals surface area contributed by atoms with Gasteiger partial charge in [-0.15, -0.1) is 0 Å². The van der Waals surface area contributed by atoms with Gasteiger partial charge in [-0.25, -0.2) is 0 Å². The maximum absolute atomic E-state index is 3.52. The van der Waals surface area contributed by atoms with Crippen molar-refractivity contribution < 1.29 is 0 Å². The third-order valence-corrected chi connectivity index (χ3v) is 4.41. The smallest absolute Gasteiger partial charge is 0.0399 e. The lowest BCUT2D eigenvalue weighted by Gasteiger charge is -2.19. The number of fused-ring (bicyclic) bond motifs is 1. The lowest BCUT2D eigenvalue weighted by Crippen LogP contribution is -2.25. The quantitative estimate of drug-likeness (QED) is 0.812. The summed E-state index contributed by atoms with van der Waals surface area (Å²) in [4.78, 5) is 2.52. The van der Waals surface area contributed by atoms with Crippen LogP contribution in [0.5, 0.6) is 0 Å². The van der Waals surface area contributed by atoms with Gasteiger partial charge in [0.25, 0.3) is 0 Å². The summed E-state index contributed by atoms with van der Waals surface area (Å²) in [7, 11) is 0. The molecule has 2 nitrogen and oxygen atoms in total. The minimum atomic E-state index is 1.00. The van der Waals surface area contributed by atoms with Crippen LogP contribution >= 0.6 is 11.3 Å². The van der Waals surface area contributed by atoms with Crippen molar-refractivity contribution >= 4 is 17.0 Å². The highest BCUT2D eigenvalue weighted by Gasteiger charge is 2.16. The summed E-state index contributed by atoms with van der Waals surface area (Å²) in [5.41, 5.74) is 4.35. The Hall–Kier alpha value is -1.32. The second-order valence-electron chi connectivity index (χ2n) is 5.03. The van der Waals surface area contributed by atoms with Crippen molar-refractivity contribution in [3.05, 3.63) is 52.2 Å². The Labute approximate surface area is 119 Å². The van der Waals surface area contributed by atoms with Crippen molar-refractivity contribution in [2.75, 3.05) is 24.5 Å². The van der Waals surface area contributed by atoms with Gasteiger partial charge in [0.05, 0.1) is 0 Å². The van der Waals surface area contributed by atoms with Crippen molar-refractivity contribution in [3.8, 4) is 0 Å². The molecule has 0 bridgehead atoms. The molecule has 0 saturated carbocycles. The predicted molar refractivity (Wildman–Crippen MR) is 83.0 cm³/mol. The van der Waals surface area contributed by atoms with E-state index in [2.05, 4.69) is 51.3 Å². The number of nitrogens with zero attached hydrogens (tertiary/aromatic N) is 1. The van der Waals surface area contributed by atoms with Gasteiger partial charge in [0.1, 0.15) is 0 Å². The van der Waals surface area contributed by atoms with E-state index in [9.17, 15) is 0 Å². The average molecular weight is 272 g/mol. The largest absolute Gasteiger partial charge is 0.371 e. The van der Waals surface area contributed by atoms with Crippen LogP contribution in [0.2, 0.25) is 0 Å². The summed E-state index contributed by atoms with van der Waals surface area (Å²) in [5, 5.41) is 7.86. The number of para-hydroxylation sites is 1. The van der Waals surface area contributed by atoms with E-state index in [-0.39, 0.29) is 0 Å². The van der Waals surface area contributed by atoms with E-state index < -0.39 is 0 Å². The fourth-order valence-electron chi connectivity index (χ4n) is 2.66. The average Bonchev–Trinajstić information content (AvgIpc) is 3.08. The summed E-state index contributed by atoms with van der Waals surface area (Å²) in [6.45, 7) is 4.44. The monoisotopic (exact) mass is 272 g/mol. The van der Waals surface area contributed by atoms with Gasteiger partial charge in [0, 0.05) is 25.3 Å². The van der Waals surface area contributed by atoms with Crippen LogP contribution in [-0.2, 0) is 13.0 Å². The van der Waals surface area contributed by atoms with Crippen LogP contribution in [0, 0.1) is 0 Å². The highest BCUT2D eigenvalue weighted by molar-refractivity contribution is 7.07. The predicted octanol–water partition coefficient (Wildman–Crippen LogP) is 3.29. The number of nitrogens with one attached hydrogen (secondary N) is 1. The molecule has 0 radical (unpaired) electrons. The summed E-state index contributed by atoms with van der Waals surface area (Å²) in [5.74, 6) is 0. The number of rotatable bonds is 6.